The highest BCUT2D eigenvalue weighted by atomic mass is 35.5. The Kier molecular flexibility index (Phi) is 8.23. The van der Waals surface area contributed by atoms with E-state index in [0.717, 1.165) is 49.8 Å². The van der Waals surface area contributed by atoms with Gasteiger partial charge >= 0.3 is 0 Å². The van der Waals surface area contributed by atoms with Crippen molar-refractivity contribution in [1.82, 2.24) is 20.0 Å². The van der Waals surface area contributed by atoms with Gasteiger partial charge in [0.25, 0.3) is 0 Å². The summed E-state index contributed by atoms with van der Waals surface area (Å²) in [7, 11) is 0. The van der Waals surface area contributed by atoms with Crippen LogP contribution in [0.2, 0.25) is 10.0 Å². The molecule has 3 aliphatic rings. The highest BCUT2D eigenvalue weighted by molar-refractivity contribution is 6.35. The van der Waals surface area contributed by atoms with Crippen molar-refractivity contribution < 1.29 is 23.9 Å². The molecule has 0 unspecified atom stereocenters. The monoisotopic (exact) mass is 561 g/mol. The number of halogens is 2. The van der Waals surface area contributed by atoms with Crippen LogP contribution in [0, 0.1) is 0 Å². The zero-order valence-electron chi connectivity index (χ0n) is 20.8. The van der Waals surface area contributed by atoms with Gasteiger partial charge in [0.1, 0.15) is 6.04 Å². The molecular formula is C26H29Cl2N5O5. The van der Waals surface area contributed by atoms with Crippen molar-refractivity contribution in [3.05, 3.63) is 52.0 Å². The van der Waals surface area contributed by atoms with Crippen LogP contribution in [0.15, 0.2) is 36.4 Å². The molecule has 0 aliphatic carbocycles. The van der Waals surface area contributed by atoms with Gasteiger partial charge < -0.3 is 25.0 Å². The molecule has 1 atom stereocenters. The lowest BCUT2D eigenvalue weighted by atomic mass is 10.1. The van der Waals surface area contributed by atoms with E-state index in [0.29, 0.717) is 28.8 Å². The lowest BCUT2D eigenvalue weighted by Crippen LogP contribution is -2.60. The predicted octanol–water partition coefficient (Wildman–Crippen LogP) is 2.20. The molecule has 2 saturated heterocycles. The number of benzene rings is 2. The first-order valence-corrected chi connectivity index (χ1v) is 13.3. The quantitative estimate of drug-likeness (QED) is 0.534. The molecular weight excluding hydrogens is 533 g/mol. The van der Waals surface area contributed by atoms with Crippen LogP contribution in [-0.2, 0) is 20.9 Å². The minimum Gasteiger partial charge on any atom is -0.454 e. The van der Waals surface area contributed by atoms with E-state index < -0.39 is 11.9 Å². The van der Waals surface area contributed by atoms with Crippen molar-refractivity contribution in [2.75, 3.05) is 57.9 Å². The van der Waals surface area contributed by atoms with Gasteiger partial charge in [-0.15, -0.1) is 0 Å². The minimum absolute atomic E-state index is 0.160. The van der Waals surface area contributed by atoms with Crippen LogP contribution in [0.25, 0.3) is 0 Å². The zero-order valence-corrected chi connectivity index (χ0v) is 22.3. The number of piperazine rings is 2. The second kappa shape index (κ2) is 11.8. The number of nitrogens with one attached hydrogen (secondary N) is 2. The molecule has 2 N–H and O–H groups in total. The summed E-state index contributed by atoms with van der Waals surface area (Å²) >= 11 is 12.0. The van der Waals surface area contributed by atoms with Crippen LogP contribution < -0.4 is 20.1 Å². The maximum Gasteiger partial charge on any atom is 0.243 e. The molecule has 0 radical (unpaired) electrons. The molecule has 38 heavy (non-hydrogen) atoms. The fourth-order valence-corrected chi connectivity index (χ4v) is 5.44. The topological polar surface area (TPSA) is 103 Å². The summed E-state index contributed by atoms with van der Waals surface area (Å²) in [6.07, 6.45) is -0.162. The summed E-state index contributed by atoms with van der Waals surface area (Å²) in [4.78, 5) is 44.5. The molecule has 12 heteroatoms. The van der Waals surface area contributed by atoms with Crippen molar-refractivity contribution in [2.45, 2.75) is 19.0 Å². The molecule has 3 amide bonds. The van der Waals surface area contributed by atoms with Crippen molar-refractivity contribution >= 4 is 46.6 Å². The third kappa shape index (κ3) is 6.50. The smallest absolute Gasteiger partial charge is 0.243 e. The Morgan fingerprint density at radius 1 is 0.947 bits per heavy atom. The first kappa shape index (κ1) is 26.6. The number of nitrogens with zero attached hydrogens (tertiary/aromatic N) is 3. The number of carbonyl (C=O) groups excluding carboxylic acids is 3. The number of hydrogen-bond donors (Lipinski definition) is 2. The Labute approximate surface area is 230 Å². The summed E-state index contributed by atoms with van der Waals surface area (Å²) in [5.74, 6) is 0.649. The average molecular weight is 562 g/mol. The number of hydrogen-bond acceptors (Lipinski definition) is 7. The van der Waals surface area contributed by atoms with Gasteiger partial charge in [-0.3, -0.25) is 24.2 Å². The molecule has 2 fully saturated rings. The van der Waals surface area contributed by atoms with Gasteiger partial charge in [-0.2, -0.15) is 0 Å². The van der Waals surface area contributed by atoms with E-state index in [2.05, 4.69) is 20.4 Å². The second-order valence-electron chi connectivity index (χ2n) is 9.54. The lowest BCUT2D eigenvalue weighted by Gasteiger charge is -2.38. The van der Waals surface area contributed by atoms with E-state index in [1.807, 2.05) is 18.2 Å². The zero-order chi connectivity index (χ0) is 26.6. The van der Waals surface area contributed by atoms with E-state index in [-0.39, 0.29) is 31.6 Å². The fourth-order valence-electron chi connectivity index (χ4n) is 4.91. The Morgan fingerprint density at radius 2 is 1.66 bits per heavy atom. The largest absolute Gasteiger partial charge is 0.454 e. The van der Waals surface area contributed by atoms with Gasteiger partial charge in [-0.1, -0.05) is 29.3 Å². The third-order valence-corrected chi connectivity index (χ3v) is 7.28. The van der Waals surface area contributed by atoms with E-state index in [9.17, 15) is 14.4 Å². The summed E-state index contributed by atoms with van der Waals surface area (Å²) in [5, 5.41) is 6.25. The number of anilines is 1. The number of fused-ring (bicyclic) bond motifs is 1. The number of ether oxygens (including phenoxy) is 2. The van der Waals surface area contributed by atoms with Crippen molar-refractivity contribution in [2.24, 2.45) is 0 Å². The highest BCUT2D eigenvalue weighted by Crippen LogP contribution is 2.33. The van der Waals surface area contributed by atoms with Gasteiger partial charge in [0.05, 0.1) is 13.0 Å². The Bertz CT molecular complexity index is 1200. The number of carbonyl (C=O) groups is 3. The minimum atomic E-state index is -0.877. The lowest BCUT2D eigenvalue weighted by molar-refractivity contribution is -0.145. The Balaban J connectivity index is 1.12. The molecule has 2 aromatic carbocycles. The van der Waals surface area contributed by atoms with Crippen molar-refractivity contribution in [3.63, 3.8) is 0 Å². The van der Waals surface area contributed by atoms with Crippen LogP contribution in [0.4, 0.5) is 5.69 Å². The highest BCUT2D eigenvalue weighted by Gasteiger charge is 2.35. The number of amides is 3. The maximum absolute atomic E-state index is 13.2. The fraction of sp³-hybridized carbons (Fsp3) is 0.423. The average Bonchev–Trinajstić information content (AvgIpc) is 3.34. The summed E-state index contributed by atoms with van der Waals surface area (Å²) in [5.41, 5.74) is 1.58. The standard InChI is InChI=1S/C26H29Cl2N5O5/c27-18-10-19(28)12-20(11-18)30-24(34)13-21-26(36)29-3-4-33(21)25(35)15-32-7-5-31(6-8-32)14-17-1-2-22-23(9-17)38-16-37-22/h1-2,9-12,21H,3-8,13-16H2,(H,29,36)(H,30,34)/t21-/m0/s1. The summed E-state index contributed by atoms with van der Waals surface area (Å²) in [6.45, 7) is 5.06. The second-order valence-corrected chi connectivity index (χ2v) is 10.4. The Morgan fingerprint density at radius 3 is 2.42 bits per heavy atom. The van der Waals surface area contributed by atoms with E-state index in [1.165, 1.54) is 4.90 Å². The molecule has 202 valence electrons. The van der Waals surface area contributed by atoms with Gasteiger partial charge in [0, 0.05) is 61.5 Å². The molecule has 10 nitrogen and oxygen atoms in total. The maximum atomic E-state index is 13.2. The number of rotatable bonds is 7. The SMILES string of the molecule is O=C(C[C@H]1C(=O)NCCN1C(=O)CN1CCN(Cc2ccc3c(c2)OCO3)CC1)Nc1cc(Cl)cc(Cl)c1. The molecule has 0 saturated carbocycles. The van der Waals surface area contributed by atoms with E-state index in [4.69, 9.17) is 32.7 Å². The van der Waals surface area contributed by atoms with Crippen molar-refractivity contribution in [3.8, 4) is 11.5 Å². The van der Waals surface area contributed by atoms with E-state index >= 15 is 0 Å². The van der Waals surface area contributed by atoms with Gasteiger partial charge in [-0.25, -0.2) is 0 Å². The third-order valence-electron chi connectivity index (χ3n) is 6.84. The van der Waals surface area contributed by atoms with Gasteiger partial charge in [0.2, 0.25) is 24.5 Å². The van der Waals surface area contributed by atoms with Crippen LogP contribution in [0.5, 0.6) is 11.5 Å². The normalized spacial score (nSPS) is 19.8. The molecule has 3 heterocycles. The summed E-state index contributed by atoms with van der Waals surface area (Å²) < 4.78 is 10.9. The molecule has 5 rings (SSSR count). The van der Waals surface area contributed by atoms with Gasteiger partial charge in [-0.05, 0) is 35.9 Å². The first-order chi connectivity index (χ1) is 18.3. The predicted molar refractivity (Wildman–Crippen MR) is 143 cm³/mol. The van der Waals surface area contributed by atoms with Crippen LogP contribution in [0.1, 0.15) is 12.0 Å². The Hall–Kier alpha value is -3.05. The molecule has 0 bridgehead atoms. The van der Waals surface area contributed by atoms with Crippen molar-refractivity contribution in [1.29, 1.82) is 0 Å². The van der Waals surface area contributed by atoms with Crippen LogP contribution >= 0.6 is 23.2 Å². The van der Waals surface area contributed by atoms with Crippen LogP contribution in [-0.4, -0.2) is 91.1 Å². The molecule has 2 aromatic rings. The first-order valence-electron chi connectivity index (χ1n) is 12.5. The van der Waals surface area contributed by atoms with Crippen LogP contribution in [0.3, 0.4) is 0 Å². The molecule has 3 aliphatic heterocycles. The van der Waals surface area contributed by atoms with E-state index in [1.54, 1.807) is 18.2 Å². The molecule has 0 aromatic heterocycles. The summed E-state index contributed by atoms with van der Waals surface area (Å²) in [6, 6.07) is 9.81. The molecule has 0 spiro atoms. The van der Waals surface area contributed by atoms with Gasteiger partial charge in [0.15, 0.2) is 11.5 Å².